The summed E-state index contributed by atoms with van der Waals surface area (Å²) in [5.41, 5.74) is 8.37. The first kappa shape index (κ1) is 15.8. The normalized spacial score (nSPS) is 20.8. The summed E-state index contributed by atoms with van der Waals surface area (Å²) in [5.74, 6) is -0.455. The van der Waals surface area contributed by atoms with Gasteiger partial charge in [0.25, 0.3) is 11.8 Å². The number of nitrogens with zero attached hydrogens (tertiary/aromatic N) is 2. The molecule has 2 N–H and O–H groups in total. The summed E-state index contributed by atoms with van der Waals surface area (Å²) in [4.78, 5) is 29.3. The van der Waals surface area contributed by atoms with Crippen molar-refractivity contribution in [3.63, 3.8) is 0 Å². The lowest BCUT2D eigenvalue weighted by molar-refractivity contribution is 0.0475. The third-order valence-electron chi connectivity index (χ3n) is 5.07. The molecule has 128 valence electrons. The molecule has 2 aliphatic rings. The van der Waals surface area contributed by atoms with Gasteiger partial charge < -0.3 is 5.73 Å². The highest BCUT2D eigenvalue weighted by Crippen LogP contribution is 2.31. The van der Waals surface area contributed by atoms with Crippen LogP contribution in [0.5, 0.6) is 0 Å². The van der Waals surface area contributed by atoms with Gasteiger partial charge >= 0.3 is 0 Å². The van der Waals surface area contributed by atoms with Crippen LogP contribution in [-0.2, 0) is 6.54 Å². The zero-order valence-corrected chi connectivity index (χ0v) is 14.0. The van der Waals surface area contributed by atoms with Gasteiger partial charge in [0.15, 0.2) is 0 Å². The van der Waals surface area contributed by atoms with Crippen molar-refractivity contribution in [3.05, 3.63) is 65.2 Å². The second-order valence-corrected chi connectivity index (χ2v) is 6.77. The number of anilines is 1. The molecule has 0 aliphatic carbocycles. The maximum absolute atomic E-state index is 12.8. The average Bonchev–Trinajstić information content (AvgIpc) is 2.88. The van der Waals surface area contributed by atoms with Crippen molar-refractivity contribution in [2.75, 3.05) is 18.8 Å². The number of carbonyl (C=O) groups excluding carboxylic acids is 2. The van der Waals surface area contributed by atoms with Crippen LogP contribution in [0.4, 0.5) is 5.69 Å². The Balaban J connectivity index is 1.53. The first-order valence-corrected chi connectivity index (χ1v) is 8.68. The molecule has 2 aromatic carbocycles. The highest BCUT2D eigenvalue weighted by atomic mass is 16.2. The molecule has 1 atom stereocenters. The quantitative estimate of drug-likeness (QED) is 0.691. The molecule has 0 spiro atoms. The number of hydrogen-bond acceptors (Lipinski definition) is 4. The minimum atomic E-state index is -0.246. The van der Waals surface area contributed by atoms with Crippen molar-refractivity contribution in [2.45, 2.75) is 25.4 Å². The number of likely N-dealkylation sites (tertiary alicyclic amines) is 1. The molecule has 5 nitrogen and oxygen atoms in total. The van der Waals surface area contributed by atoms with Crippen LogP contribution in [0.2, 0.25) is 0 Å². The standard InChI is InChI=1S/C20H21N3O2/c21-17-10-4-9-16-18(17)20(25)23(19(16)24)15-8-5-11-22(13-15)12-14-6-2-1-3-7-14/h1-4,6-7,9-10,15H,5,8,11-13,21H2. The Morgan fingerprint density at radius 2 is 1.80 bits per heavy atom. The number of carbonyl (C=O) groups is 2. The summed E-state index contributed by atoms with van der Waals surface area (Å²) in [7, 11) is 0. The van der Waals surface area contributed by atoms with Gasteiger partial charge in [-0.1, -0.05) is 36.4 Å². The number of hydrogen-bond donors (Lipinski definition) is 1. The van der Waals surface area contributed by atoms with E-state index in [1.54, 1.807) is 18.2 Å². The van der Waals surface area contributed by atoms with Crippen LogP contribution in [-0.4, -0.2) is 40.7 Å². The van der Waals surface area contributed by atoms with Crippen molar-refractivity contribution >= 4 is 17.5 Å². The lowest BCUT2D eigenvalue weighted by Crippen LogP contribution is -2.49. The number of amides is 2. The van der Waals surface area contributed by atoms with Gasteiger partial charge in [-0.15, -0.1) is 0 Å². The van der Waals surface area contributed by atoms with Gasteiger partial charge in [0.2, 0.25) is 0 Å². The molecule has 1 saturated heterocycles. The summed E-state index contributed by atoms with van der Waals surface area (Å²) >= 11 is 0. The Hall–Kier alpha value is -2.66. The molecule has 2 heterocycles. The van der Waals surface area contributed by atoms with E-state index in [9.17, 15) is 9.59 Å². The topological polar surface area (TPSA) is 66.6 Å². The van der Waals surface area contributed by atoms with Gasteiger partial charge in [-0.25, -0.2) is 0 Å². The maximum Gasteiger partial charge on any atom is 0.263 e. The zero-order valence-electron chi connectivity index (χ0n) is 14.0. The number of benzene rings is 2. The van der Waals surface area contributed by atoms with E-state index in [0.29, 0.717) is 23.4 Å². The summed E-state index contributed by atoms with van der Waals surface area (Å²) in [6.45, 7) is 2.53. The van der Waals surface area contributed by atoms with Crippen molar-refractivity contribution in [2.24, 2.45) is 0 Å². The van der Waals surface area contributed by atoms with Crippen molar-refractivity contribution in [1.82, 2.24) is 9.80 Å². The highest BCUT2D eigenvalue weighted by molar-refractivity contribution is 6.23. The molecule has 0 radical (unpaired) electrons. The number of nitrogens with two attached hydrogens (primary N) is 1. The van der Waals surface area contributed by atoms with E-state index in [0.717, 1.165) is 25.9 Å². The number of nitrogen functional groups attached to an aromatic ring is 1. The van der Waals surface area contributed by atoms with E-state index >= 15 is 0 Å². The van der Waals surface area contributed by atoms with Gasteiger partial charge in [0.1, 0.15) is 0 Å². The number of imide groups is 1. The highest BCUT2D eigenvalue weighted by Gasteiger charge is 2.42. The number of fused-ring (bicyclic) bond motifs is 1. The first-order valence-electron chi connectivity index (χ1n) is 8.68. The first-order chi connectivity index (χ1) is 12.1. The predicted molar refractivity (Wildman–Crippen MR) is 96.1 cm³/mol. The molecule has 4 rings (SSSR count). The lowest BCUT2D eigenvalue weighted by Gasteiger charge is -2.36. The van der Waals surface area contributed by atoms with E-state index in [4.69, 9.17) is 5.73 Å². The average molecular weight is 335 g/mol. The fourth-order valence-corrected chi connectivity index (χ4v) is 3.89. The molecule has 5 heteroatoms. The van der Waals surface area contributed by atoms with Crippen LogP contribution in [0.1, 0.15) is 39.1 Å². The molecule has 0 aromatic heterocycles. The summed E-state index contributed by atoms with van der Waals surface area (Å²) < 4.78 is 0. The molecule has 25 heavy (non-hydrogen) atoms. The number of rotatable bonds is 3. The van der Waals surface area contributed by atoms with Gasteiger partial charge in [-0.3, -0.25) is 19.4 Å². The minimum Gasteiger partial charge on any atom is -0.398 e. The van der Waals surface area contributed by atoms with E-state index in [-0.39, 0.29) is 17.9 Å². The Labute approximate surface area is 147 Å². The van der Waals surface area contributed by atoms with Gasteiger partial charge in [-0.05, 0) is 37.1 Å². The van der Waals surface area contributed by atoms with E-state index < -0.39 is 0 Å². The summed E-state index contributed by atoms with van der Waals surface area (Å²) in [6.07, 6.45) is 1.82. The SMILES string of the molecule is Nc1cccc2c1C(=O)N(C1CCCN(Cc3ccccc3)C1)C2=O. The van der Waals surface area contributed by atoms with E-state index in [2.05, 4.69) is 17.0 Å². The smallest absolute Gasteiger partial charge is 0.263 e. The van der Waals surface area contributed by atoms with Crippen LogP contribution in [0, 0.1) is 0 Å². The van der Waals surface area contributed by atoms with E-state index in [1.165, 1.54) is 10.5 Å². The molecular weight excluding hydrogens is 314 g/mol. The lowest BCUT2D eigenvalue weighted by atomic mass is 10.0. The van der Waals surface area contributed by atoms with E-state index in [1.807, 2.05) is 18.2 Å². The predicted octanol–water partition coefficient (Wildman–Crippen LogP) is 2.53. The van der Waals surface area contributed by atoms with Crippen molar-refractivity contribution < 1.29 is 9.59 Å². The monoisotopic (exact) mass is 335 g/mol. The summed E-state index contributed by atoms with van der Waals surface area (Å²) in [5, 5.41) is 0. The summed E-state index contributed by atoms with van der Waals surface area (Å²) in [6, 6.07) is 15.3. The molecule has 2 aliphatic heterocycles. The van der Waals surface area contributed by atoms with Crippen molar-refractivity contribution in [3.8, 4) is 0 Å². The number of piperidine rings is 1. The van der Waals surface area contributed by atoms with Crippen LogP contribution < -0.4 is 5.73 Å². The second kappa shape index (κ2) is 6.33. The fraction of sp³-hybridized carbons (Fsp3) is 0.300. The molecule has 1 unspecified atom stereocenters. The van der Waals surface area contributed by atoms with Gasteiger partial charge in [0, 0.05) is 18.8 Å². The largest absolute Gasteiger partial charge is 0.398 e. The zero-order chi connectivity index (χ0) is 17.4. The van der Waals surface area contributed by atoms with Crippen LogP contribution in [0.15, 0.2) is 48.5 Å². The Morgan fingerprint density at radius 3 is 2.56 bits per heavy atom. The Morgan fingerprint density at radius 1 is 1.00 bits per heavy atom. The van der Waals surface area contributed by atoms with Crippen LogP contribution in [0.25, 0.3) is 0 Å². The third-order valence-corrected chi connectivity index (χ3v) is 5.07. The molecule has 0 saturated carbocycles. The Bertz CT molecular complexity index is 819. The van der Waals surface area contributed by atoms with Gasteiger partial charge in [0.05, 0.1) is 17.2 Å². The Kier molecular flexibility index (Phi) is 4.01. The van der Waals surface area contributed by atoms with Gasteiger partial charge in [-0.2, -0.15) is 0 Å². The van der Waals surface area contributed by atoms with Crippen LogP contribution in [0.3, 0.4) is 0 Å². The van der Waals surface area contributed by atoms with Crippen molar-refractivity contribution in [1.29, 1.82) is 0 Å². The molecule has 2 amide bonds. The second-order valence-electron chi connectivity index (χ2n) is 6.77. The molecule has 1 fully saturated rings. The fourth-order valence-electron chi connectivity index (χ4n) is 3.89. The molecule has 0 bridgehead atoms. The maximum atomic E-state index is 12.8. The van der Waals surface area contributed by atoms with Crippen LogP contribution >= 0.6 is 0 Å². The minimum absolute atomic E-state index is 0.0933. The molecular formula is C20H21N3O2. The molecule has 2 aromatic rings. The third kappa shape index (κ3) is 2.81.